The molecule has 40 heavy (non-hydrogen) atoms. The number of primary amides is 1. The van der Waals surface area contributed by atoms with Gasteiger partial charge < -0.3 is 26.0 Å². The number of alkyl carbamates (subject to hydrolysis) is 1. The number of fused-ring (bicyclic) bond motifs is 1. The Hall–Kier alpha value is -3.24. The summed E-state index contributed by atoms with van der Waals surface area (Å²) in [5, 5.41) is 5.32. The number of hydrogen-bond donors (Lipinski definition) is 3. The molecule has 2 saturated carbocycles. The number of allylic oxidation sites excluding steroid dienone is 1. The molecule has 0 spiro atoms. The summed E-state index contributed by atoms with van der Waals surface area (Å²) in [6.07, 6.45) is 2.32. The number of carbonyl (C=O) groups is 6. The average Bonchev–Trinajstić information content (AvgIpc) is 3.14. The maximum atomic E-state index is 13.9. The van der Waals surface area contributed by atoms with Gasteiger partial charge in [-0.05, 0) is 69.3 Å². The fourth-order valence-electron chi connectivity index (χ4n) is 5.93. The zero-order chi connectivity index (χ0) is 30.2. The van der Waals surface area contributed by atoms with Crippen LogP contribution in [0.3, 0.4) is 0 Å². The Bertz CT molecular complexity index is 1090. The molecule has 0 aromatic rings. The molecule has 11 nitrogen and oxygen atoms in total. The molecule has 4 N–H and O–H groups in total. The largest absolute Gasteiger partial charge is 0.444 e. The minimum absolute atomic E-state index is 0.00218. The predicted octanol–water partition coefficient (Wildman–Crippen LogP) is 2.02. The lowest BCUT2D eigenvalue weighted by Gasteiger charge is -2.35. The molecule has 0 radical (unpaired) electrons. The number of likely N-dealkylation sites (tertiary alicyclic amines) is 1. The molecule has 222 valence electrons. The number of nitrogens with zero attached hydrogens (tertiary/aromatic N) is 1. The van der Waals surface area contributed by atoms with E-state index >= 15 is 0 Å². The average molecular weight is 561 g/mol. The zero-order valence-corrected chi connectivity index (χ0v) is 24.5. The van der Waals surface area contributed by atoms with E-state index in [2.05, 4.69) is 17.2 Å². The number of nitrogens with one attached hydrogen (secondary N) is 2. The maximum absolute atomic E-state index is 13.9. The van der Waals surface area contributed by atoms with Crippen LogP contribution < -0.4 is 16.4 Å². The second-order valence-corrected chi connectivity index (χ2v) is 13.2. The molecule has 0 aromatic carbocycles. The van der Waals surface area contributed by atoms with Gasteiger partial charge in [-0.25, -0.2) is 4.79 Å². The van der Waals surface area contributed by atoms with E-state index in [1.165, 1.54) is 4.90 Å². The Morgan fingerprint density at radius 3 is 2.20 bits per heavy atom. The van der Waals surface area contributed by atoms with E-state index in [1.807, 2.05) is 13.8 Å². The number of amides is 4. The van der Waals surface area contributed by atoms with Crippen LogP contribution in [0.5, 0.6) is 0 Å². The first-order valence-electron chi connectivity index (χ1n) is 14.1. The lowest BCUT2D eigenvalue weighted by molar-refractivity contribution is -0.144. The minimum Gasteiger partial charge on any atom is -0.444 e. The van der Waals surface area contributed by atoms with Crippen molar-refractivity contribution in [3.8, 4) is 0 Å². The van der Waals surface area contributed by atoms with Crippen LogP contribution in [-0.2, 0) is 28.7 Å². The number of carbonyl (C=O) groups excluding carboxylic acids is 6. The summed E-state index contributed by atoms with van der Waals surface area (Å²) < 4.78 is 5.34. The highest BCUT2D eigenvalue weighted by Crippen LogP contribution is 2.65. The lowest BCUT2D eigenvalue weighted by Crippen LogP contribution is -2.58. The number of hydrogen-bond acceptors (Lipinski definition) is 7. The van der Waals surface area contributed by atoms with Gasteiger partial charge in [0.25, 0.3) is 5.91 Å². The quantitative estimate of drug-likeness (QED) is 0.243. The van der Waals surface area contributed by atoms with E-state index in [-0.39, 0.29) is 48.3 Å². The molecule has 3 unspecified atom stereocenters. The molecule has 0 bridgehead atoms. The Labute approximate surface area is 236 Å². The molecule has 1 saturated heterocycles. The predicted molar refractivity (Wildman–Crippen MR) is 147 cm³/mol. The normalized spacial score (nSPS) is 24.6. The van der Waals surface area contributed by atoms with Crippen molar-refractivity contribution < 1.29 is 33.5 Å². The van der Waals surface area contributed by atoms with Gasteiger partial charge in [0.2, 0.25) is 17.6 Å². The Morgan fingerprint density at radius 2 is 1.70 bits per heavy atom. The number of Topliss-reactive ketones (excluding diaryl/α,β-unsaturated/α-hetero) is 2. The molecule has 1 aliphatic heterocycles. The van der Waals surface area contributed by atoms with E-state index in [0.717, 1.165) is 19.3 Å². The second kappa shape index (κ2) is 11.7. The molecule has 3 aliphatic rings. The van der Waals surface area contributed by atoms with Crippen LogP contribution in [0.15, 0.2) is 12.2 Å². The van der Waals surface area contributed by atoms with Gasteiger partial charge in [-0.15, -0.1) is 0 Å². The summed E-state index contributed by atoms with van der Waals surface area (Å²) in [5.74, 6) is -3.16. The number of piperidine rings is 1. The van der Waals surface area contributed by atoms with Crippen LogP contribution in [0.25, 0.3) is 0 Å². The molecule has 3 fully saturated rings. The number of ether oxygens (including phenoxy) is 1. The third-order valence-corrected chi connectivity index (χ3v) is 8.55. The monoisotopic (exact) mass is 560 g/mol. The van der Waals surface area contributed by atoms with Crippen LogP contribution >= 0.6 is 0 Å². The van der Waals surface area contributed by atoms with Crippen molar-refractivity contribution in [1.29, 1.82) is 0 Å². The summed E-state index contributed by atoms with van der Waals surface area (Å²) in [6.45, 7) is 14.6. The van der Waals surface area contributed by atoms with Crippen molar-refractivity contribution in [3.63, 3.8) is 0 Å². The van der Waals surface area contributed by atoms with E-state index < -0.39 is 53.3 Å². The van der Waals surface area contributed by atoms with Gasteiger partial charge in [-0.2, -0.15) is 0 Å². The van der Waals surface area contributed by atoms with Crippen LogP contribution in [-0.4, -0.2) is 70.6 Å². The van der Waals surface area contributed by atoms with E-state index in [9.17, 15) is 28.8 Å². The highest BCUT2D eigenvalue weighted by molar-refractivity contribution is 6.37. The smallest absolute Gasteiger partial charge is 0.408 e. The van der Waals surface area contributed by atoms with Crippen LogP contribution in [0, 0.1) is 23.2 Å². The molecule has 1 heterocycles. The molecule has 0 aromatic heterocycles. The summed E-state index contributed by atoms with van der Waals surface area (Å²) in [5.41, 5.74) is 4.59. The third-order valence-electron chi connectivity index (χ3n) is 8.55. The maximum Gasteiger partial charge on any atom is 0.408 e. The van der Waals surface area contributed by atoms with Gasteiger partial charge >= 0.3 is 6.09 Å². The van der Waals surface area contributed by atoms with Gasteiger partial charge in [-0.3, -0.25) is 24.0 Å². The van der Waals surface area contributed by atoms with Gasteiger partial charge in [-0.1, -0.05) is 39.7 Å². The highest BCUT2D eigenvalue weighted by Gasteiger charge is 2.69. The molecule has 4 amide bonds. The van der Waals surface area contributed by atoms with Gasteiger partial charge in [0, 0.05) is 13.0 Å². The van der Waals surface area contributed by atoms with E-state index in [0.29, 0.717) is 12.0 Å². The topological polar surface area (TPSA) is 165 Å². The Balaban J connectivity index is 1.83. The molecule has 2 aliphatic carbocycles. The third kappa shape index (κ3) is 7.09. The Morgan fingerprint density at radius 1 is 1.07 bits per heavy atom. The highest BCUT2D eigenvalue weighted by atomic mass is 16.6. The van der Waals surface area contributed by atoms with E-state index in [4.69, 9.17) is 10.5 Å². The first kappa shape index (κ1) is 31.3. The zero-order valence-electron chi connectivity index (χ0n) is 24.5. The van der Waals surface area contributed by atoms with Crippen molar-refractivity contribution in [2.45, 2.75) is 104 Å². The van der Waals surface area contributed by atoms with E-state index in [1.54, 1.807) is 27.7 Å². The van der Waals surface area contributed by atoms with Crippen LogP contribution in [0.4, 0.5) is 4.79 Å². The molecular formula is C29H44N4O7. The lowest BCUT2D eigenvalue weighted by atomic mass is 9.80. The van der Waals surface area contributed by atoms with Crippen molar-refractivity contribution >= 4 is 35.4 Å². The molecular weight excluding hydrogens is 516 g/mol. The van der Waals surface area contributed by atoms with Gasteiger partial charge in [0.05, 0.1) is 6.04 Å². The summed E-state index contributed by atoms with van der Waals surface area (Å²) >= 11 is 0. The van der Waals surface area contributed by atoms with Crippen LogP contribution in [0.1, 0.15) is 80.1 Å². The first-order valence-corrected chi connectivity index (χ1v) is 14.1. The molecule has 11 heteroatoms. The standard InChI is InChI=1S/C29H44N4O7/c1-15(2)20(34)12-11-18(32-27(39)40-28(3,4)5)26(38)33-14-17-21(29(17,6)7)22(33)25(37)31-19(23(35)24(30)36)13-16-9-8-10-16/h16-19,21-22H,1,8-14H2,2-7H3,(H2,30,36)(H,31,37)(H,32,39)/t17?,18-,19?,21?,22-/m0/s1. The number of ketones is 2. The summed E-state index contributed by atoms with van der Waals surface area (Å²) in [7, 11) is 0. The number of nitrogens with two attached hydrogens (primary N) is 1. The van der Waals surface area contributed by atoms with Crippen molar-refractivity contribution in [3.05, 3.63) is 12.2 Å². The molecule has 5 atom stereocenters. The summed E-state index contributed by atoms with van der Waals surface area (Å²) in [6, 6.07) is -3.08. The van der Waals surface area contributed by atoms with Crippen molar-refractivity contribution in [2.24, 2.45) is 28.9 Å². The fraction of sp³-hybridized carbons (Fsp3) is 0.724. The Kier molecular flexibility index (Phi) is 9.16. The molecule has 3 rings (SSSR count). The summed E-state index contributed by atoms with van der Waals surface area (Å²) in [4.78, 5) is 78.2. The second-order valence-electron chi connectivity index (χ2n) is 13.2. The van der Waals surface area contributed by atoms with Crippen LogP contribution in [0.2, 0.25) is 0 Å². The number of rotatable bonds is 12. The minimum atomic E-state index is -1.12. The fourth-order valence-corrected chi connectivity index (χ4v) is 5.93. The van der Waals surface area contributed by atoms with Gasteiger partial charge in [0.1, 0.15) is 17.7 Å². The SMILES string of the molecule is C=C(C)C(=O)CC[C@H](NC(=O)OC(C)(C)C)C(=O)N1CC2C([C@H]1C(=O)NC(CC1CCC1)C(=O)C(N)=O)C2(C)C. The van der Waals surface area contributed by atoms with Crippen molar-refractivity contribution in [2.75, 3.05) is 6.54 Å². The first-order chi connectivity index (χ1) is 18.4. The van der Waals surface area contributed by atoms with Gasteiger partial charge in [0.15, 0.2) is 5.78 Å². The van der Waals surface area contributed by atoms with Crippen molar-refractivity contribution in [1.82, 2.24) is 15.5 Å².